The van der Waals surface area contributed by atoms with Crippen molar-refractivity contribution >= 4 is 5.91 Å². The molecule has 1 aromatic carbocycles. The van der Waals surface area contributed by atoms with Crippen molar-refractivity contribution in [2.45, 2.75) is 58.5 Å². The minimum Gasteiger partial charge on any atom is -0.492 e. The third kappa shape index (κ3) is 5.87. The molecule has 1 amide bonds. The van der Waals surface area contributed by atoms with Gasteiger partial charge < -0.3 is 15.4 Å². The van der Waals surface area contributed by atoms with Crippen LogP contribution in [0, 0.1) is 12.8 Å². The lowest BCUT2D eigenvalue weighted by Crippen LogP contribution is -2.49. The topological polar surface area (TPSA) is 50.4 Å². The summed E-state index contributed by atoms with van der Waals surface area (Å²) in [5.74, 6) is 1.56. The quantitative estimate of drug-likeness (QED) is 0.760. The highest BCUT2D eigenvalue weighted by atomic mass is 16.5. The maximum absolute atomic E-state index is 12.2. The Morgan fingerprint density at radius 2 is 2.13 bits per heavy atom. The molecule has 128 valence electrons. The van der Waals surface area contributed by atoms with E-state index in [1.807, 2.05) is 38.1 Å². The Balaban J connectivity index is 1.65. The number of carbonyl (C=O) groups is 1. The van der Waals surface area contributed by atoms with Gasteiger partial charge in [0, 0.05) is 6.04 Å². The molecule has 2 rings (SSSR count). The van der Waals surface area contributed by atoms with Gasteiger partial charge in [0.1, 0.15) is 12.4 Å². The molecule has 4 nitrogen and oxygen atoms in total. The first-order valence-electron chi connectivity index (χ1n) is 8.79. The molecule has 0 aliphatic heterocycles. The molecule has 0 aromatic heterocycles. The van der Waals surface area contributed by atoms with Gasteiger partial charge in [-0.05, 0) is 50.3 Å². The fourth-order valence-electron chi connectivity index (χ4n) is 3.16. The van der Waals surface area contributed by atoms with E-state index in [0.717, 1.165) is 5.75 Å². The Hall–Kier alpha value is -1.55. The molecule has 0 bridgehead atoms. The summed E-state index contributed by atoms with van der Waals surface area (Å²) in [5.41, 5.74) is 1.17. The van der Waals surface area contributed by atoms with Crippen molar-refractivity contribution in [2.75, 3.05) is 13.2 Å². The number of hydrogen-bond acceptors (Lipinski definition) is 3. The lowest BCUT2D eigenvalue weighted by atomic mass is 9.85. The molecule has 1 aromatic rings. The summed E-state index contributed by atoms with van der Waals surface area (Å²) in [7, 11) is 0. The predicted octanol–water partition coefficient (Wildman–Crippen LogP) is 3.05. The molecule has 2 N–H and O–H groups in total. The molecule has 1 aliphatic carbocycles. The van der Waals surface area contributed by atoms with Crippen LogP contribution in [-0.4, -0.2) is 31.1 Å². The molecule has 1 aliphatic rings. The van der Waals surface area contributed by atoms with Crippen molar-refractivity contribution in [3.05, 3.63) is 29.8 Å². The summed E-state index contributed by atoms with van der Waals surface area (Å²) in [6.07, 6.45) is 5.02. The molecular weight excluding hydrogens is 288 g/mol. The van der Waals surface area contributed by atoms with E-state index in [1.54, 1.807) is 0 Å². The number of nitrogens with one attached hydrogen (secondary N) is 2. The van der Waals surface area contributed by atoms with Crippen LogP contribution in [0.4, 0.5) is 0 Å². The number of amides is 1. The summed E-state index contributed by atoms with van der Waals surface area (Å²) in [4.78, 5) is 12.2. The SMILES string of the molecule is Cc1cccc(OCCNC(=O)C(C)NC2CCCCC2C)c1. The first kappa shape index (κ1) is 17.8. The highest BCUT2D eigenvalue weighted by Gasteiger charge is 2.24. The Kier molecular flexibility index (Phi) is 6.90. The largest absolute Gasteiger partial charge is 0.492 e. The lowest BCUT2D eigenvalue weighted by molar-refractivity contribution is -0.123. The molecule has 1 fully saturated rings. The second kappa shape index (κ2) is 8.92. The van der Waals surface area contributed by atoms with E-state index in [-0.39, 0.29) is 11.9 Å². The summed E-state index contributed by atoms with van der Waals surface area (Å²) in [5, 5.41) is 6.43. The maximum Gasteiger partial charge on any atom is 0.236 e. The number of ether oxygens (including phenoxy) is 1. The monoisotopic (exact) mass is 318 g/mol. The van der Waals surface area contributed by atoms with Gasteiger partial charge in [0.2, 0.25) is 5.91 Å². The van der Waals surface area contributed by atoms with Crippen LogP contribution >= 0.6 is 0 Å². The standard InChI is InChI=1S/C19H30N2O2/c1-14-7-6-9-17(13-14)23-12-11-20-19(22)16(3)21-18-10-5-4-8-15(18)2/h6-7,9,13,15-16,18,21H,4-5,8,10-12H2,1-3H3,(H,20,22). The Morgan fingerprint density at radius 1 is 1.35 bits per heavy atom. The van der Waals surface area contributed by atoms with E-state index in [1.165, 1.54) is 31.2 Å². The molecule has 4 heteroatoms. The summed E-state index contributed by atoms with van der Waals surface area (Å²) in [6.45, 7) is 7.27. The van der Waals surface area contributed by atoms with Crippen molar-refractivity contribution in [1.82, 2.24) is 10.6 Å². The number of aryl methyl sites for hydroxylation is 1. The smallest absolute Gasteiger partial charge is 0.236 e. The average molecular weight is 318 g/mol. The number of carbonyl (C=O) groups excluding carboxylic acids is 1. The molecule has 0 saturated heterocycles. The molecule has 3 atom stereocenters. The highest BCUT2D eigenvalue weighted by Crippen LogP contribution is 2.24. The van der Waals surface area contributed by atoms with Crippen LogP contribution in [0.5, 0.6) is 5.75 Å². The molecule has 0 spiro atoms. The van der Waals surface area contributed by atoms with Crippen molar-refractivity contribution < 1.29 is 9.53 Å². The van der Waals surface area contributed by atoms with Gasteiger partial charge in [-0.1, -0.05) is 31.9 Å². The van der Waals surface area contributed by atoms with Gasteiger partial charge in [0.15, 0.2) is 0 Å². The third-order valence-corrected chi connectivity index (χ3v) is 4.63. The van der Waals surface area contributed by atoms with Gasteiger partial charge in [0.25, 0.3) is 0 Å². The second-order valence-electron chi connectivity index (χ2n) is 6.71. The van der Waals surface area contributed by atoms with Crippen LogP contribution in [0.25, 0.3) is 0 Å². The van der Waals surface area contributed by atoms with Gasteiger partial charge in [0.05, 0.1) is 12.6 Å². The minimum absolute atomic E-state index is 0.0515. The first-order chi connectivity index (χ1) is 11.1. The predicted molar refractivity (Wildman–Crippen MR) is 93.7 cm³/mol. The van der Waals surface area contributed by atoms with Gasteiger partial charge >= 0.3 is 0 Å². The van der Waals surface area contributed by atoms with Gasteiger partial charge in [-0.3, -0.25) is 4.79 Å². The van der Waals surface area contributed by atoms with Crippen LogP contribution in [-0.2, 0) is 4.79 Å². The van der Waals surface area contributed by atoms with E-state index >= 15 is 0 Å². The fourth-order valence-corrected chi connectivity index (χ4v) is 3.16. The average Bonchev–Trinajstić information content (AvgIpc) is 2.53. The second-order valence-corrected chi connectivity index (χ2v) is 6.71. The fraction of sp³-hybridized carbons (Fsp3) is 0.632. The van der Waals surface area contributed by atoms with E-state index in [0.29, 0.717) is 25.1 Å². The number of benzene rings is 1. The Morgan fingerprint density at radius 3 is 2.87 bits per heavy atom. The van der Waals surface area contributed by atoms with Crippen LogP contribution in [0.15, 0.2) is 24.3 Å². The zero-order valence-electron chi connectivity index (χ0n) is 14.6. The van der Waals surface area contributed by atoms with Crippen molar-refractivity contribution in [2.24, 2.45) is 5.92 Å². The Labute approximate surface area is 140 Å². The maximum atomic E-state index is 12.2. The van der Waals surface area contributed by atoms with Crippen LogP contribution in [0.3, 0.4) is 0 Å². The minimum atomic E-state index is -0.153. The Bertz CT molecular complexity index is 504. The number of hydrogen-bond donors (Lipinski definition) is 2. The molecule has 3 unspecified atom stereocenters. The summed E-state index contributed by atoms with van der Waals surface area (Å²) in [6, 6.07) is 8.25. The van der Waals surface area contributed by atoms with Gasteiger partial charge in [-0.2, -0.15) is 0 Å². The summed E-state index contributed by atoms with van der Waals surface area (Å²) < 4.78 is 5.65. The van der Waals surface area contributed by atoms with E-state index in [9.17, 15) is 4.79 Å². The van der Waals surface area contributed by atoms with Gasteiger partial charge in [-0.25, -0.2) is 0 Å². The molecule has 23 heavy (non-hydrogen) atoms. The van der Waals surface area contributed by atoms with Crippen LogP contribution in [0.2, 0.25) is 0 Å². The van der Waals surface area contributed by atoms with E-state index in [2.05, 4.69) is 17.6 Å². The zero-order valence-corrected chi connectivity index (χ0v) is 14.6. The van der Waals surface area contributed by atoms with E-state index in [4.69, 9.17) is 4.74 Å². The van der Waals surface area contributed by atoms with Crippen LogP contribution in [0.1, 0.15) is 45.1 Å². The van der Waals surface area contributed by atoms with Crippen molar-refractivity contribution in [3.63, 3.8) is 0 Å². The lowest BCUT2D eigenvalue weighted by Gasteiger charge is -2.31. The molecule has 0 heterocycles. The number of rotatable bonds is 7. The van der Waals surface area contributed by atoms with E-state index < -0.39 is 0 Å². The first-order valence-corrected chi connectivity index (χ1v) is 8.79. The van der Waals surface area contributed by atoms with Crippen molar-refractivity contribution in [3.8, 4) is 5.75 Å². The van der Waals surface area contributed by atoms with Gasteiger partial charge in [-0.15, -0.1) is 0 Å². The van der Waals surface area contributed by atoms with Crippen LogP contribution < -0.4 is 15.4 Å². The molecule has 0 radical (unpaired) electrons. The normalized spacial score (nSPS) is 22.4. The summed E-state index contributed by atoms with van der Waals surface area (Å²) >= 11 is 0. The van der Waals surface area contributed by atoms with Crippen molar-refractivity contribution in [1.29, 1.82) is 0 Å². The highest BCUT2D eigenvalue weighted by molar-refractivity contribution is 5.81. The molecule has 1 saturated carbocycles. The zero-order chi connectivity index (χ0) is 16.7. The molecular formula is C19H30N2O2. The third-order valence-electron chi connectivity index (χ3n) is 4.63.